The fourth-order valence-electron chi connectivity index (χ4n) is 1.44. The lowest BCUT2D eigenvalue weighted by molar-refractivity contribution is 0.205. The van der Waals surface area contributed by atoms with E-state index in [4.69, 9.17) is 5.11 Å². The summed E-state index contributed by atoms with van der Waals surface area (Å²) < 4.78 is 67.7. The molecular formula is C10H5F3N2O5S. The van der Waals surface area contributed by atoms with Crippen molar-refractivity contribution in [2.24, 2.45) is 0 Å². The maximum Gasteiger partial charge on any atom is 0.427 e. The van der Waals surface area contributed by atoms with E-state index in [2.05, 4.69) is 9.68 Å². The zero-order chi connectivity index (χ0) is 15.8. The molecule has 112 valence electrons. The highest BCUT2D eigenvalue weighted by molar-refractivity contribution is 7.93. The summed E-state index contributed by atoms with van der Waals surface area (Å²) in [5, 5.41) is 12.0. The Morgan fingerprint density at radius 1 is 1.19 bits per heavy atom. The number of carboxylic acid groups (broad SMARTS) is 1. The highest BCUT2D eigenvalue weighted by atomic mass is 32.2. The Labute approximate surface area is 115 Å². The van der Waals surface area contributed by atoms with Crippen LogP contribution in [0.2, 0.25) is 0 Å². The van der Waals surface area contributed by atoms with Crippen LogP contribution in [0, 0.1) is 17.5 Å². The van der Waals surface area contributed by atoms with Gasteiger partial charge in [-0.3, -0.25) is 0 Å². The Morgan fingerprint density at radius 3 is 2.38 bits per heavy atom. The number of anilines is 1. The van der Waals surface area contributed by atoms with Crippen LogP contribution in [-0.2, 0) is 10.0 Å². The van der Waals surface area contributed by atoms with Gasteiger partial charge < -0.3 is 9.63 Å². The molecule has 1 aromatic carbocycles. The summed E-state index contributed by atoms with van der Waals surface area (Å²) in [4.78, 5) is 9.70. The minimum Gasteiger partial charge on any atom is -0.464 e. The zero-order valence-electron chi connectivity index (χ0n) is 9.83. The second kappa shape index (κ2) is 5.09. The smallest absolute Gasteiger partial charge is 0.427 e. The molecule has 11 heteroatoms. The van der Waals surface area contributed by atoms with Crippen LogP contribution in [-0.4, -0.2) is 24.8 Å². The summed E-state index contributed by atoms with van der Waals surface area (Å²) >= 11 is 0. The van der Waals surface area contributed by atoms with Gasteiger partial charge in [0.25, 0.3) is 10.0 Å². The Kier molecular flexibility index (Phi) is 3.60. The molecule has 0 unspecified atom stereocenters. The largest absolute Gasteiger partial charge is 0.464 e. The molecule has 1 heterocycles. The topological polar surface area (TPSA) is 101 Å². The van der Waals surface area contributed by atoms with E-state index in [0.717, 1.165) is 12.3 Å². The quantitative estimate of drug-likeness (QED) is 0.867. The monoisotopic (exact) mass is 322 g/mol. The van der Waals surface area contributed by atoms with Crippen LogP contribution in [0.1, 0.15) is 0 Å². The third-order valence-electron chi connectivity index (χ3n) is 2.32. The number of carbonyl (C=O) groups is 1. The molecule has 0 spiro atoms. The molecule has 1 amide bonds. The van der Waals surface area contributed by atoms with Gasteiger partial charge >= 0.3 is 6.09 Å². The molecule has 1 N–H and O–H groups in total. The predicted octanol–water partition coefficient (Wildman–Crippen LogP) is 1.97. The predicted molar refractivity (Wildman–Crippen MR) is 60.5 cm³/mol. The van der Waals surface area contributed by atoms with Crippen molar-refractivity contribution in [3.63, 3.8) is 0 Å². The molecule has 0 bridgehead atoms. The van der Waals surface area contributed by atoms with Crippen molar-refractivity contribution < 1.29 is 36.0 Å². The first-order valence-corrected chi connectivity index (χ1v) is 6.53. The van der Waals surface area contributed by atoms with Gasteiger partial charge in [-0.15, -0.1) is 4.31 Å². The van der Waals surface area contributed by atoms with Gasteiger partial charge in [0.2, 0.25) is 0 Å². The molecule has 21 heavy (non-hydrogen) atoms. The number of sulfonamides is 1. The van der Waals surface area contributed by atoms with E-state index in [1.807, 2.05) is 0 Å². The Morgan fingerprint density at radius 2 is 1.86 bits per heavy atom. The van der Waals surface area contributed by atoms with Crippen LogP contribution in [0.5, 0.6) is 0 Å². The fourth-order valence-corrected chi connectivity index (χ4v) is 2.74. The van der Waals surface area contributed by atoms with Gasteiger partial charge in [0.1, 0.15) is 11.2 Å². The van der Waals surface area contributed by atoms with E-state index < -0.39 is 44.3 Å². The summed E-state index contributed by atoms with van der Waals surface area (Å²) in [5.41, 5.74) is 0. The van der Waals surface area contributed by atoms with Gasteiger partial charge in [-0.05, 0) is 12.1 Å². The molecular weight excluding hydrogens is 317 g/mol. The molecule has 1 aromatic heterocycles. The number of aromatic nitrogens is 1. The standard InChI is InChI=1S/C10H5F3N2O5S/c11-5-1-2-6(9(13)8(5)12)21(18,19)15(10(16)17)7-3-4-20-14-7/h1-4H,(H,16,17). The number of benzene rings is 1. The normalized spacial score (nSPS) is 11.4. The van der Waals surface area contributed by atoms with Gasteiger partial charge in [0, 0.05) is 6.07 Å². The molecule has 0 saturated heterocycles. The van der Waals surface area contributed by atoms with Crippen molar-refractivity contribution in [3.8, 4) is 0 Å². The fraction of sp³-hybridized carbons (Fsp3) is 0. The summed E-state index contributed by atoms with van der Waals surface area (Å²) in [6, 6.07) is 1.64. The third-order valence-corrected chi connectivity index (χ3v) is 4.02. The van der Waals surface area contributed by atoms with E-state index in [1.165, 1.54) is 0 Å². The van der Waals surface area contributed by atoms with Crippen molar-refractivity contribution in [2.45, 2.75) is 4.90 Å². The molecule has 0 aliphatic heterocycles. The van der Waals surface area contributed by atoms with Crippen molar-refractivity contribution in [1.29, 1.82) is 0 Å². The molecule has 0 saturated carbocycles. The van der Waals surface area contributed by atoms with Crippen LogP contribution >= 0.6 is 0 Å². The highest BCUT2D eigenvalue weighted by Crippen LogP contribution is 2.26. The Bertz CT molecular complexity index is 791. The average Bonchev–Trinajstić information content (AvgIpc) is 2.88. The van der Waals surface area contributed by atoms with Crippen molar-refractivity contribution in [1.82, 2.24) is 5.16 Å². The third kappa shape index (κ3) is 2.42. The molecule has 0 atom stereocenters. The SMILES string of the molecule is O=C(O)N(c1ccon1)S(=O)(=O)c1ccc(F)c(F)c1F. The average molecular weight is 322 g/mol. The van der Waals surface area contributed by atoms with Crippen LogP contribution in [0.4, 0.5) is 23.8 Å². The number of rotatable bonds is 3. The second-order valence-electron chi connectivity index (χ2n) is 3.58. The first-order chi connectivity index (χ1) is 9.76. The first kappa shape index (κ1) is 14.8. The number of amides is 1. The van der Waals surface area contributed by atoms with E-state index in [1.54, 1.807) is 0 Å². The van der Waals surface area contributed by atoms with E-state index in [0.29, 0.717) is 12.1 Å². The van der Waals surface area contributed by atoms with Crippen molar-refractivity contribution >= 4 is 21.9 Å². The van der Waals surface area contributed by atoms with Gasteiger partial charge in [-0.1, -0.05) is 5.16 Å². The van der Waals surface area contributed by atoms with E-state index in [9.17, 15) is 26.4 Å². The zero-order valence-corrected chi connectivity index (χ0v) is 10.6. The highest BCUT2D eigenvalue weighted by Gasteiger charge is 2.36. The molecule has 0 aliphatic rings. The lowest BCUT2D eigenvalue weighted by atomic mass is 10.3. The van der Waals surface area contributed by atoms with Crippen LogP contribution in [0.3, 0.4) is 0 Å². The minimum absolute atomic E-state index is 0.327. The van der Waals surface area contributed by atoms with Gasteiger partial charge in [-0.2, -0.15) is 0 Å². The number of hydrogen-bond donors (Lipinski definition) is 1. The van der Waals surface area contributed by atoms with Gasteiger partial charge in [0.15, 0.2) is 23.3 Å². The van der Waals surface area contributed by atoms with Crippen LogP contribution < -0.4 is 4.31 Å². The summed E-state index contributed by atoms with van der Waals surface area (Å²) in [6.45, 7) is 0. The van der Waals surface area contributed by atoms with Crippen LogP contribution in [0.25, 0.3) is 0 Å². The van der Waals surface area contributed by atoms with Crippen molar-refractivity contribution in [2.75, 3.05) is 4.31 Å². The van der Waals surface area contributed by atoms with Gasteiger partial charge in [0.05, 0.1) is 0 Å². The summed E-state index contributed by atoms with van der Waals surface area (Å²) in [5.74, 6) is -6.38. The van der Waals surface area contributed by atoms with Crippen LogP contribution in [0.15, 0.2) is 33.9 Å². The molecule has 7 nitrogen and oxygen atoms in total. The first-order valence-electron chi connectivity index (χ1n) is 5.09. The Balaban J connectivity index is 2.66. The molecule has 2 rings (SSSR count). The number of halogens is 3. The molecule has 2 aromatic rings. The Hall–Kier alpha value is -2.56. The lowest BCUT2D eigenvalue weighted by Gasteiger charge is -2.16. The minimum atomic E-state index is -5.06. The molecule has 0 aliphatic carbocycles. The maximum atomic E-state index is 13.6. The van der Waals surface area contributed by atoms with Crippen molar-refractivity contribution in [3.05, 3.63) is 41.9 Å². The maximum absolute atomic E-state index is 13.6. The summed E-state index contributed by atoms with van der Waals surface area (Å²) in [6.07, 6.45) is -1.16. The van der Waals surface area contributed by atoms with E-state index in [-0.39, 0.29) is 4.31 Å². The molecule has 0 fully saturated rings. The van der Waals surface area contributed by atoms with Gasteiger partial charge in [-0.25, -0.2) is 26.4 Å². The second-order valence-corrected chi connectivity index (χ2v) is 5.34. The lowest BCUT2D eigenvalue weighted by Crippen LogP contribution is -2.36. The number of hydrogen-bond acceptors (Lipinski definition) is 5. The summed E-state index contributed by atoms with van der Waals surface area (Å²) in [7, 11) is -5.06. The van der Waals surface area contributed by atoms with E-state index >= 15 is 0 Å². The molecule has 0 radical (unpaired) electrons. The number of nitrogens with zero attached hydrogens (tertiary/aromatic N) is 2.